The Labute approximate surface area is 141 Å². The third-order valence-corrected chi connectivity index (χ3v) is 4.85. The second-order valence-electron chi connectivity index (χ2n) is 5.50. The van der Waals surface area contributed by atoms with Gasteiger partial charge in [-0.05, 0) is 30.7 Å². The van der Waals surface area contributed by atoms with Crippen LogP contribution in [0.1, 0.15) is 17.5 Å². The van der Waals surface area contributed by atoms with Crippen LogP contribution in [-0.2, 0) is 5.60 Å². The van der Waals surface area contributed by atoms with Crippen LogP contribution in [0.25, 0.3) is 16.9 Å². The molecule has 7 nitrogen and oxygen atoms in total. The third-order valence-electron chi connectivity index (χ3n) is 3.86. The van der Waals surface area contributed by atoms with E-state index in [2.05, 4.69) is 19.9 Å². The van der Waals surface area contributed by atoms with Crippen molar-refractivity contribution in [1.29, 1.82) is 0 Å². The van der Waals surface area contributed by atoms with Gasteiger partial charge < -0.3 is 10.8 Å². The molecule has 120 valence electrons. The van der Waals surface area contributed by atoms with E-state index in [1.54, 1.807) is 31.7 Å². The molecule has 0 saturated heterocycles. The summed E-state index contributed by atoms with van der Waals surface area (Å²) in [5, 5.41) is 13.3. The lowest BCUT2D eigenvalue weighted by molar-refractivity contribution is 0.102. The van der Waals surface area contributed by atoms with E-state index in [-0.39, 0.29) is 5.95 Å². The number of anilines is 1. The largest absolute Gasteiger partial charge is 0.378 e. The first-order chi connectivity index (χ1) is 11.6. The Bertz CT molecular complexity index is 1010. The van der Waals surface area contributed by atoms with Gasteiger partial charge in [0.2, 0.25) is 5.95 Å². The van der Waals surface area contributed by atoms with Crippen LogP contribution in [0.5, 0.6) is 0 Å². The number of fused-ring (bicyclic) bond motifs is 1. The highest BCUT2D eigenvalue weighted by atomic mass is 32.1. The van der Waals surface area contributed by atoms with Crippen LogP contribution in [0.2, 0.25) is 0 Å². The second-order valence-corrected chi connectivity index (χ2v) is 6.40. The summed E-state index contributed by atoms with van der Waals surface area (Å²) in [4.78, 5) is 16.7. The maximum absolute atomic E-state index is 10.8. The van der Waals surface area contributed by atoms with Gasteiger partial charge in [0.05, 0.1) is 11.0 Å². The van der Waals surface area contributed by atoms with Gasteiger partial charge in [-0.1, -0.05) is 6.07 Å². The Morgan fingerprint density at radius 3 is 2.79 bits per heavy atom. The van der Waals surface area contributed by atoms with Crippen molar-refractivity contribution in [1.82, 2.24) is 24.5 Å². The van der Waals surface area contributed by atoms with Gasteiger partial charge in [-0.15, -0.1) is 11.3 Å². The molecule has 4 rings (SSSR count). The van der Waals surface area contributed by atoms with Crippen LogP contribution in [0.3, 0.4) is 0 Å². The number of aliphatic hydroxyl groups is 1. The zero-order valence-electron chi connectivity index (χ0n) is 12.8. The average molecular weight is 338 g/mol. The highest BCUT2D eigenvalue weighted by Gasteiger charge is 2.29. The van der Waals surface area contributed by atoms with E-state index in [0.717, 1.165) is 16.6 Å². The van der Waals surface area contributed by atoms with Crippen LogP contribution in [-0.4, -0.2) is 29.6 Å². The summed E-state index contributed by atoms with van der Waals surface area (Å²) in [6, 6.07) is 7.39. The Morgan fingerprint density at radius 1 is 1.17 bits per heavy atom. The van der Waals surface area contributed by atoms with E-state index in [0.29, 0.717) is 10.8 Å². The normalized spacial score (nSPS) is 13.9. The van der Waals surface area contributed by atoms with E-state index in [1.807, 2.05) is 28.1 Å². The van der Waals surface area contributed by atoms with Crippen molar-refractivity contribution in [3.05, 3.63) is 58.9 Å². The number of aromatic nitrogens is 5. The van der Waals surface area contributed by atoms with Crippen molar-refractivity contribution in [2.24, 2.45) is 0 Å². The molecule has 0 radical (unpaired) electrons. The van der Waals surface area contributed by atoms with Crippen LogP contribution in [0.15, 0.2) is 48.4 Å². The summed E-state index contributed by atoms with van der Waals surface area (Å²) in [5.41, 5.74) is 6.84. The quantitative estimate of drug-likeness (QED) is 0.593. The summed E-state index contributed by atoms with van der Waals surface area (Å²) in [7, 11) is 0. The second kappa shape index (κ2) is 5.36. The lowest BCUT2D eigenvalue weighted by Gasteiger charge is -2.21. The molecule has 3 heterocycles. The fraction of sp³-hybridized carbons (Fsp3) is 0.125. The van der Waals surface area contributed by atoms with Crippen molar-refractivity contribution in [3.8, 4) is 5.82 Å². The van der Waals surface area contributed by atoms with Gasteiger partial charge in [-0.2, -0.15) is 4.98 Å². The summed E-state index contributed by atoms with van der Waals surface area (Å²) in [5.74, 6) is 0.849. The lowest BCUT2D eigenvalue weighted by atomic mass is 9.96. The number of thiazole rings is 1. The maximum atomic E-state index is 10.8. The first-order valence-corrected chi connectivity index (χ1v) is 8.12. The monoisotopic (exact) mass is 338 g/mol. The van der Waals surface area contributed by atoms with Crippen LogP contribution >= 0.6 is 11.3 Å². The molecule has 24 heavy (non-hydrogen) atoms. The molecular formula is C16H14N6OS. The topological polar surface area (TPSA) is 103 Å². The van der Waals surface area contributed by atoms with E-state index < -0.39 is 5.60 Å². The Morgan fingerprint density at radius 2 is 2.04 bits per heavy atom. The minimum atomic E-state index is -1.16. The number of benzene rings is 1. The van der Waals surface area contributed by atoms with Crippen molar-refractivity contribution in [2.45, 2.75) is 12.5 Å². The van der Waals surface area contributed by atoms with Gasteiger partial charge in [0.25, 0.3) is 0 Å². The molecule has 1 unspecified atom stereocenters. The van der Waals surface area contributed by atoms with E-state index >= 15 is 0 Å². The predicted molar refractivity (Wildman–Crippen MR) is 91.9 cm³/mol. The minimum absolute atomic E-state index is 0.206. The number of hydrogen-bond acceptors (Lipinski definition) is 7. The summed E-state index contributed by atoms with van der Waals surface area (Å²) in [6.45, 7) is 1.73. The molecule has 0 aliphatic rings. The average Bonchev–Trinajstić information content (AvgIpc) is 3.24. The number of nitrogen functional groups attached to an aromatic ring is 1. The van der Waals surface area contributed by atoms with E-state index in [1.165, 1.54) is 11.3 Å². The molecule has 0 bridgehead atoms. The molecule has 0 saturated carbocycles. The number of hydrogen-bond donors (Lipinski definition) is 2. The molecule has 3 aromatic heterocycles. The Balaban J connectivity index is 1.81. The molecule has 0 aliphatic heterocycles. The van der Waals surface area contributed by atoms with Crippen molar-refractivity contribution in [2.75, 3.05) is 5.73 Å². The highest BCUT2D eigenvalue weighted by molar-refractivity contribution is 7.09. The molecule has 0 amide bonds. The molecule has 8 heteroatoms. The summed E-state index contributed by atoms with van der Waals surface area (Å²) in [6.07, 6.45) is 4.96. The standard InChI is InChI=1S/C16H14N6OS/c1-16(23,14-18-6-7-24-14)10-2-3-12-11(8-10)20-9-22(12)13-4-5-19-15(17)21-13/h2-9,23H,1H3,(H2,17,19,21). The van der Waals surface area contributed by atoms with Gasteiger partial charge in [0.15, 0.2) is 0 Å². The summed E-state index contributed by atoms with van der Waals surface area (Å²) < 4.78 is 1.83. The van der Waals surface area contributed by atoms with E-state index in [9.17, 15) is 5.11 Å². The van der Waals surface area contributed by atoms with E-state index in [4.69, 9.17) is 5.73 Å². The van der Waals surface area contributed by atoms with Gasteiger partial charge in [-0.25, -0.2) is 15.0 Å². The maximum Gasteiger partial charge on any atom is 0.221 e. The highest BCUT2D eigenvalue weighted by Crippen LogP contribution is 2.32. The molecule has 1 atom stereocenters. The number of imidazole rings is 1. The SMILES string of the molecule is CC(O)(c1ccc2c(c1)ncn2-c1ccnc(N)n1)c1nccs1. The van der Waals surface area contributed by atoms with Crippen molar-refractivity contribution >= 4 is 28.3 Å². The molecule has 0 spiro atoms. The zero-order chi connectivity index (χ0) is 16.7. The number of nitrogens with zero attached hydrogens (tertiary/aromatic N) is 5. The van der Waals surface area contributed by atoms with Gasteiger partial charge in [0, 0.05) is 17.8 Å². The molecule has 0 fully saturated rings. The van der Waals surface area contributed by atoms with Crippen molar-refractivity contribution in [3.63, 3.8) is 0 Å². The fourth-order valence-electron chi connectivity index (χ4n) is 2.58. The lowest BCUT2D eigenvalue weighted by Crippen LogP contribution is -2.22. The summed E-state index contributed by atoms with van der Waals surface area (Å²) >= 11 is 1.42. The number of nitrogens with two attached hydrogens (primary N) is 1. The van der Waals surface area contributed by atoms with Crippen LogP contribution in [0.4, 0.5) is 5.95 Å². The third kappa shape index (κ3) is 2.32. The van der Waals surface area contributed by atoms with Crippen molar-refractivity contribution < 1.29 is 5.11 Å². The molecule has 0 aliphatic carbocycles. The van der Waals surface area contributed by atoms with Gasteiger partial charge in [0.1, 0.15) is 22.8 Å². The first-order valence-electron chi connectivity index (χ1n) is 7.24. The number of rotatable bonds is 3. The minimum Gasteiger partial charge on any atom is -0.378 e. The molecule has 1 aromatic carbocycles. The van der Waals surface area contributed by atoms with Crippen LogP contribution in [0, 0.1) is 0 Å². The fourth-order valence-corrected chi connectivity index (χ4v) is 3.30. The van der Waals surface area contributed by atoms with Gasteiger partial charge in [-0.3, -0.25) is 4.57 Å². The Kier molecular flexibility index (Phi) is 3.29. The zero-order valence-corrected chi connectivity index (χ0v) is 13.6. The first kappa shape index (κ1) is 14.7. The molecule has 3 N–H and O–H groups in total. The predicted octanol–water partition coefficient (Wildman–Crippen LogP) is 2.11. The molecular weight excluding hydrogens is 324 g/mol. The van der Waals surface area contributed by atoms with Gasteiger partial charge >= 0.3 is 0 Å². The molecule has 4 aromatic rings. The van der Waals surface area contributed by atoms with Crippen LogP contribution < -0.4 is 5.73 Å². The Hall–Kier alpha value is -2.84. The smallest absolute Gasteiger partial charge is 0.221 e.